The second-order valence-electron chi connectivity index (χ2n) is 5.13. The van der Waals surface area contributed by atoms with E-state index in [2.05, 4.69) is 55.6 Å². The second kappa shape index (κ2) is 8.01. The lowest BCUT2D eigenvalue weighted by Gasteiger charge is -2.16. The van der Waals surface area contributed by atoms with E-state index < -0.39 is 0 Å². The molecule has 0 spiro atoms. The topological polar surface area (TPSA) is 34.4 Å². The summed E-state index contributed by atoms with van der Waals surface area (Å²) in [5.41, 5.74) is 2.53. The first kappa shape index (κ1) is 15.8. The Balaban J connectivity index is 2.17. The number of methoxy groups -OCH3 is 1. The quantitative estimate of drug-likeness (QED) is 0.803. The van der Waals surface area contributed by atoms with Gasteiger partial charge in [-0.05, 0) is 36.2 Å². The van der Waals surface area contributed by atoms with Gasteiger partial charge < -0.3 is 14.5 Å². The number of benzene rings is 1. The molecule has 0 fully saturated rings. The average molecular weight is 287 g/mol. The molecule has 3 nitrogen and oxygen atoms in total. The van der Waals surface area contributed by atoms with Crippen LogP contribution in [0.1, 0.15) is 42.5 Å². The maximum absolute atomic E-state index is 5.91. The van der Waals surface area contributed by atoms with Gasteiger partial charge in [-0.25, -0.2) is 0 Å². The molecule has 0 saturated heterocycles. The van der Waals surface area contributed by atoms with Crippen molar-refractivity contribution in [3.05, 3.63) is 59.0 Å². The summed E-state index contributed by atoms with van der Waals surface area (Å²) in [6, 6.07) is 12.9. The number of aryl methyl sites for hydroxylation is 1. The maximum Gasteiger partial charge on any atom is 0.125 e. The molecule has 0 aliphatic rings. The van der Waals surface area contributed by atoms with Crippen LogP contribution >= 0.6 is 0 Å². The van der Waals surface area contributed by atoms with Crippen LogP contribution in [0.15, 0.2) is 40.8 Å². The Labute approximate surface area is 127 Å². The van der Waals surface area contributed by atoms with Crippen LogP contribution in [0.2, 0.25) is 0 Å². The number of hydrogen-bond acceptors (Lipinski definition) is 3. The smallest absolute Gasteiger partial charge is 0.125 e. The molecular weight excluding hydrogens is 262 g/mol. The lowest BCUT2D eigenvalue weighted by atomic mass is 10.0. The third-order valence-electron chi connectivity index (χ3n) is 3.63. The zero-order valence-corrected chi connectivity index (χ0v) is 13.2. The monoisotopic (exact) mass is 287 g/mol. The number of ether oxygens (including phenoxy) is 1. The Morgan fingerprint density at radius 1 is 1.10 bits per heavy atom. The fourth-order valence-electron chi connectivity index (χ4n) is 2.42. The summed E-state index contributed by atoms with van der Waals surface area (Å²) in [5, 5.41) is 3.50. The Morgan fingerprint density at radius 3 is 2.43 bits per heavy atom. The summed E-state index contributed by atoms with van der Waals surface area (Å²) in [5.74, 6) is 2.02. The molecule has 0 amide bonds. The van der Waals surface area contributed by atoms with Crippen LogP contribution in [0.25, 0.3) is 0 Å². The van der Waals surface area contributed by atoms with Crippen molar-refractivity contribution in [2.24, 2.45) is 0 Å². The van der Waals surface area contributed by atoms with Crippen molar-refractivity contribution < 1.29 is 9.15 Å². The molecule has 1 aromatic carbocycles. The summed E-state index contributed by atoms with van der Waals surface area (Å²) >= 11 is 0. The van der Waals surface area contributed by atoms with E-state index in [1.54, 1.807) is 7.11 Å². The minimum Gasteiger partial charge on any atom is -0.464 e. The van der Waals surface area contributed by atoms with Crippen molar-refractivity contribution in [1.82, 2.24) is 5.32 Å². The van der Waals surface area contributed by atoms with Gasteiger partial charge in [0, 0.05) is 13.5 Å². The molecule has 3 heteroatoms. The van der Waals surface area contributed by atoms with Crippen LogP contribution in [0, 0.1) is 0 Å². The predicted octanol–water partition coefficient (Wildman–Crippen LogP) is 3.73. The lowest BCUT2D eigenvalue weighted by Crippen LogP contribution is -2.21. The van der Waals surface area contributed by atoms with Gasteiger partial charge in [0.25, 0.3) is 0 Å². The Bertz CT molecular complexity index is 530. The standard InChI is InChI=1S/C18H25NO2/c1-4-16-10-11-17(21-16)18(19-5-2)15-8-6-14(7-9-15)12-13-20-3/h6-11,18-19H,4-5,12-13H2,1-3H3. The van der Waals surface area contributed by atoms with Crippen molar-refractivity contribution >= 4 is 0 Å². The molecule has 0 saturated carbocycles. The molecule has 2 aromatic rings. The zero-order valence-electron chi connectivity index (χ0n) is 13.2. The molecule has 2 rings (SSSR count). The first-order chi connectivity index (χ1) is 10.3. The molecule has 1 aromatic heterocycles. The van der Waals surface area contributed by atoms with Crippen molar-refractivity contribution in [3.63, 3.8) is 0 Å². The van der Waals surface area contributed by atoms with Gasteiger partial charge in [-0.2, -0.15) is 0 Å². The number of furan rings is 1. The highest BCUT2D eigenvalue weighted by Gasteiger charge is 2.16. The van der Waals surface area contributed by atoms with Gasteiger partial charge in [0.2, 0.25) is 0 Å². The first-order valence-electron chi connectivity index (χ1n) is 7.68. The van der Waals surface area contributed by atoms with Gasteiger partial charge in [-0.3, -0.25) is 0 Å². The Kier molecular flexibility index (Phi) is 6.03. The SMILES string of the molecule is CCNC(c1ccc(CCOC)cc1)c1ccc(CC)o1. The molecule has 0 bridgehead atoms. The van der Waals surface area contributed by atoms with Crippen LogP contribution < -0.4 is 5.32 Å². The zero-order chi connectivity index (χ0) is 15.1. The second-order valence-corrected chi connectivity index (χ2v) is 5.13. The number of nitrogens with one attached hydrogen (secondary N) is 1. The van der Waals surface area contributed by atoms with Crippen LogP contribution in [0.3, 0.4) is 0 Å². The molecule has 1 atom stereocenters. The van der Waals surface area contributed by atoms with E-state index in [0.29, 0.717) is 0 Å². The summed E-state index contributed by atoms with van der Waals surface area (Å²) in [6.07, 6.45) is 1.87. The average Bonchev–Trinajstić information content (AvgIpc) is 3.00. The molecule has 0 aliphatic carbocycles. The van der Waals surface area contributed by atoms with E-state index in [1.807, 2.05) is 0 Å². The van der Waals surface area contributed by atoms with Crippen LogP contribution in [-0.2, 0) is 17.6 Å². The number of rotatable bonds is 8. The van der Waals surface area contributed by atoms with Gasteiger partial charge in [-0.1, -0.05) is 38.1 Å². The van der Waals surface area contributed by atoms with Gasteiger partial charge in [0.15, 0.2) is 0 Å². The summed E-state index contributed by atoms with van der Waals surface area (Å²) in [4.78, 5) is 0. The van der Waals surface area contributed by atoms with E-state index in [9.17, 15) is 0 Å². The molecule has 1 unspecified atom stereocenters. The van der Waals surface area contributed by atoms with E-state index in [-0.39, 0.29) is 6.04 Å². The number of hydrogen-bond donors (Lipinski definition) is 1. The first-order valence-corrected chi connectivity index (χ1v) is 7.68. The fourth-order valence-corrected chi connectivity index (χ4v) is 2.42. The van der Waals surface area contributed by atoms with E-state index in [4.69, 9.17) is 9.15 Å². The molecule has 0 radical (unpaired) electrons. The molecule has 0 aliphatic heterocycles. The van der Waals surface area contributed by atoms with Crippen LogP contribution in [0.5, 0.6) is 0 Å². The summed E-state index contributed by atoms with van der Waals surface area (Å²) < 4.78 is 11.0. The molecule has 1 N–H and O–H groups in total. The van der Waals surface area contributed by atoms with Crippen molar-refractivity contribution in [2.45, 2.75) is 32.7 Å². The van der Waals surface area contributed by atoms with Gasteiger partial charge in [-0.15, -0.1) is 0 Å². The molecule has 21 heavy (non-hydrogen) atoms. The minimum atomic E-state index is 0.117. The van der Waals surface area contributed by atoms with Gasteiger partial charge in [0.1, 0.15) is 11.5 Å². The fraction of sp³-hybridized carbons (Fsp3) is 0.444. The van der Waals surface area contributed by atoms with Crippen molar-refractivity contribution in [3.8, 4) is 0 Å². The molecule has 114 valence electrons. The normalized spacial score (nSPS) is 12.5. The molecular formula is C18H25NO2. The van der Waals surface area contributed by atoms with Crippen LogP contribution in [-0.4, -0.2) is 20.3 Å². The highest BCUT2D eigenvalue weighted by molar-refractivity contribution is 5.30. The van der Waals surface area contributed by atoms with Crippen LogP contribution in [0.4, 0.5) is 0 Å². The van der Waals surface area contributed by atoms with E-state index in [0.717, 1.165) is 37.5 Å². The van der Waals surface area contributed by atoms with Crippen molar-refractivity contribution in [2.75, 3.05) is 20.3 Å². The predicted molar refractivity (Wildman–Crippen MR) is 85.6 cm³/mol. The Morgan fingerprint density at radius 2 is 1.86 bits per heavy atom. The van der Waals surface area contributed by atoms with Gasteiger partial charge >= 0.3 is 0 Å². The van der Waals surface area contributed by atoms with Gasteiger partial charge in [0.05, 0.1) is 12.6 Å². The van der Waals surface area contributed by atoms with Crippen molar-refractivity contribution in [1.29, 1.82) is 0 Å². The maximum atomic E-state index is 5.91. The summed E-state index contributed by atoms with van der Waals surface area (Å²) in [6.45, 7) is 5.88. The highest BCUT2D eigenvalue weighted by atomic mass is 16.5. The largest absolute Gasteiger partial charge is 0.464 e. The van der Waals surface area contributed by atoms with E-state index in [1.165, 1.54) is 11.1 Å². The van der Waals surface area contributed by atoms with E-state index >= 15 is 0 Å². The third-order valence-corrected chi connectivity index (χ3v) is 3.63. The summed E-state index contributed by atoms with van der Waals surface area (Å²) in [7, 11) is 1.73. The Hall–Kier alpha value is -1.58. The minimum absolute atomic E-state index is 0.117. The lowest BCUT2D eigenvalue weighted by molar-refractivity contribution is 0.202. The third kappa shape index (κ3) is 4.19. The highest BCUT2D eigenvalue weighted by Crippen LogP contribution is 2.24. The molecule has 1 heterocycles.